The lowest BCUT2D eigenvalue weighted by Crippen LogP contribution is -1.96. The molecule has 7 aromatic carbocycles. The molecular formula is C42H26N2S. The second-order valence-corrected chi connectivity index (χ2v) is 12.8. The Kier molecular flexibility index (Phi) is 5.19. The molecule has 0 fully saturated rings. The number of rotatable bonds is 3. The van der Waals surface area contributed by atoms with Gasteiger partial charge in [0.2, 0.25) is 0 Å². The highest BCUT2D eigenvalue weighted by Crippen LogP contribution is 2.43. The minimum atomic E-state index is 1.16. The molecule has 2 nitrogen and oxygen atoms in total. The molecule has 0 unspecified atom stereocenters. The Morgan fingerprint density at radius 2 is 0.956 bits per heavy atom. The molecule has 0 spiro atoms. The van der Waals surface area contributed by atoms with E-state index < -0.39 is 0 Å². The summed E-state index contributed by atoms with van der Waals surface area (Å²) in [5.74, 6) is 0. The highest BCUT2D eigenvalue weighted by atomic mass is 32.1. The smallest absolute Gasteiger partial charge is 0.0640 e. The van der Waals surface area contributed by atoms with Gasteiger partial charge in [-0.15, -0.1) is 11.3 Å². The molecule has 210 valence electrons. The number of benzene rings is 7. The Balaban J connectivity index is 1.33. The second-order valence-electron chi connectivity index (χ2n) is 11.8. The van der Waals surface area contributed by atoms with Gasteiger partial charge in [0.1, 0.15) is 0 Å². The summed E-state index contributed by atoms with van der Waals surface area (Å²) < 4.78 is 7.57. The molecule has 0 saturated heterocycles. The molecule has 0 saturated carbocycles. The van der Waals surface area contributed by atoms with E-state index in [0.29, 0.717) is 0 Å². The molecule has 3 heteroatoms. The van der Waals surface area contributed by atoms with E-state index in [0.717, 1.165) is 5.69 Å². The van der Waals surface area contributed by atoms with Crippen molar-refractivity contribution in [3.05, 3.63) is 158 Å². The third kappa shape index (κ3) is 3.56. The maximum Gasteiger partial charge on any atom is 0.0640 e. The summed E-state index contributed by atoms with van der Waals surface area (Å²) in [5, 5.41) is 7.72. The molecule has 0 N–H and O–H groups in total. The predicted octanol–water partition coefficient (Wildman–Crippen LogP) is 11.9. The summed E-state index contributed by atoms with van der Waals surface area (Å²) in [6, 6.07) is 57.6. The molecule has 3 aromatic heterocycles. The summed E-state index contributed by atoms with van der Waals surface area (Å²) in [5.41, 5.74) is 9.70. The quantitative estimate of drug-likeness (QED) is 0.194. The molecule has 0 aliphatic rings. The minimum Gasteiger partial charge on any atom is -0.309 e. The second kappa shape index (κ2) is 9.43. The number of thiophene rings is 1. The maximum absolute atomic E-state index is 2.49. The van der Waals surface area contributed by atoms with Gasteiger partial charge in [0, 0.05) is 42.7 Å². The summed E-state index contributed by atoms with van der Waals surface area (Å²) in [4.78, 5) is 0. The van der Waals surface area contributed by atoms with Crippen molar-refractivity contribution in [3.8, 4) is 22.5 Å². The van der Waals surface area contributed by atoms with Crippen LogP contribution in [0.3, 0.4) is 0 Å². The van der Waals surface area contributed by atoms with Crippen molar-refractivity contribution in [2.24, 2.45) is 0 Å². The third-order valence-electron chi connectivity index (χ3n) is 9.30. The first-order chi connectivity index (χ1) is 22.3. The normalized spacial score (nSPS) is 12.0. The van der Waals surface area contributed by atoms with Crippen LogP contribution in [0.2, 0.25) is 0 Å². The van der Waals surface area contributed by atoms with Crippen LogP contribution in [0.5, 0.6) is 0 Å². The van der Waals surface area contributed by atoms with E-state index in [1.807, 2.05) is 11.3 Å². The van der Waals surface area contributed by atoms with Crippen molar-refractivity contribution < 1.29 is 0 Å². The molecule has 10 rings (SSSR count). The van der Waals surface area contributed by atoms with Crippen molar-refractivity contribution in [2.45, 2.75) is 0 Å². The van der Waals surface area contributed by atoms with E-state index in [-0.39, 0.29) is 0 Å². The van der Waals surface area contributed by atoms with Crippen LogP contribution in [0.1, 0.15) is 0 Å². The predicted molar refractivity (Wildman–Crippen MR) is 193 cm³/mol. The van der Waals surface area contributed by atoms with Gasteiger partial charge >= 0.3 is 0 Å². The standard InChI is InChI=1S/C42H26N2S/c1-2-12-27(13-3-1)28-14-10-15-29(24-28)43-36-20-7-4-16-30(36)34-25-35-31-17-5-8-21-37(31)44(40(35)26-39(34)43)38-22-11-19-33-32-18-6-9-23-41(32)45-42(33)38/h1-26H. The Morgan fingerprint density at radius 3 is 1.76 bits per heavy atom. The Hall–Kier alpha value is -5.64. The van der Waals surface area contributed by atoms with Gasteiger partial charge in [-0.2, -0.15) is 0 Å². The van der Waals surface area contributed by atoms with Crippen molar-refractivity contribution in [3.63, 3.8) is 0 Å². The first-order valence-corrected chi connectivity index (χ1v) is 16.2. The van der Waals surface area contributed by atoms with Gasteiger partial charge in [0.25, 0.3) is 0 Å². The van der Waals surface area contributed by atoms with E-state index >= 15 is 0 Å². The zero-order valence-corrected chi connectivity index (χ0v) is 25.1. The van der Waals surface area contributed by atoms with E-state index in [1.54, 1.807) is 0 Å². The molecule has 0 aliphatic heterocycles. The van der Waals surface area contributed by atoms with E-state index in [4.69, 9.17) is 0 Å². The monoisotopic (exact) mass is 590 g/mol. The summed E-state index contributed by atoms with van der Waals surface area (Å²) in [7, 11) is 0. The van der Waals surface area contributed by atoms with Crippen LogP contribution in [0.15, 0.2) is 158 Å². The zero-order chi connectivity index (χ0) is 29.5. The molecule has 45 heavy (non-hydrogen) atoms. The topological polar surface area (TPSA) is 9.86 Å². The zero-order valence-electron chi connectivity index (χ0n) is 24.3. The third-order valence-corrected chi connectivity index (χ3v) is 10.5. The number of hydrogen-bond donors (Lipinski definition) is 0. The van der Waals surface area contributed by atoms with Crippen LogP contribution in [-0.4, -0.2) is 9.13 Å². The van der Waals surface area contributed by atoms with Crippen LogP contribution >= 0.6 is 11.3 Å². The first kappa shape index (κ1) is 24.8. The summed E-state index contributed by atoms with van der Waals surface area (Å²) in [6.45, 7) is 0. The largest absolute Gasteiger partial charge is 0.309 e. The van der Waals surface area contributed by atoms with Gasteiger partial charge in [-0.05, 0) is 59.7 Å². The van der Waals surface area contributed by atoms with E-state index in [9.17, 15) is 0 Å². The van der Waals surface area contributed by atoms with Gasteiger partial charge in [0.05, 0.1) is 32.5 Å². The molecule has 10 aromatic rings. The lowest BCUT2D eigenvalue weighted by molar-refractivity contribution is 1.17. The molecule has 0 bridgehead atoms. The van der Waals surface area contributed by atoms with Crippen molar-refractivity contribution in [1.82, 2.24) is 9.13 Å². The van der Waals surface area contributed by atoms with Crippen LogP contribution in [0.4, 0.5) is 0 Å². The van der Waals surface area contributed by atoms with Gasteiger partial charge < -0.3 is 9.13 Å². The van der Waals surface area contributed by atoms with E-state index in [1.165, 1.54) is 80.6 Å². The highest BCUT2D eigenvalue weighted by Gasteiger charge is 2.20. The Bertz CT molecular complexity index is 2760. The lowest BCUT2D eigenvalue weighted by atomic mass is 10.1. The highest BCUT2D eigenvalue weighted by molar-refractivity contribution is 7.26. The van der Waals surface area contributed by atoms with E-state index in [2.05, 4.69) is 167 Å². The minimum absolute atomic E-state index is 1.16. The van der Waals surface area contributed by atoms with Gasteiger partial charge in [-0.3, -0.25) is 0 Å². The fourth-order valence-electron chi connectivity index (χ4n) is 7.33. The lowest BCUT2D eigenvalue weighted by Gasteiger charge is -2.12. The first-order valence-electron chi connectivity index (χ1n) is 15.4. The Labute approximate surface area is 263 Å². The molecule has 0 radical (unpaired) electrons. The molecule has 3 heterocycles. The SMILES string of the molecule is c1ccc(-c2cccc(-n3c4ccccc4c4cc5c6ccccc6n(-c6cccc7c6sc6ccccc67)c5cc43)c2)cc1. The van der Waals surface area contributed by atoms with Crippen molar-refractivity contribution in [1.29, 1.82) is 0 Å². The van der Waals surface area contributed by atoms with Gasteiger partial charge in [-0.25, -0.2) is 0 Å². The van der Waals surface area contributed by atoms with Gasteiger partial charge in [0.15, 0.2) is 0 Å². The Morgan fingerprint density at radius 1 is 0.356 bits per heavy atom. The number of para-hydroxylation sites is 2. The summed E-state index contributed by atoms with van der Waals surface area (Å²) >= 11 is 1.88. The van der Waals surface area contributed by atoms with Crippen LogP contribution < -0.4 is 0 Å². The molecule has 0 aliphatic carbocycles. The number of fused-ring (bicyclic) bond motifs is 9. The van der Waals surface area contributed by atoms with Crippen LogP contribution in [-0.2, 0) is 0 Å². The fraction of sp³-hybridized carbons (Fsp3) is 0. The van der Waals surface area contributed by atoms with Crippen LogP contribution in [0, 0.1) is 0 Å². The molecule has 0 amide bonds. The van der Waals surface area contributed by atoms with Crippen molar-refractivity contribution in [2.75, 3.05) is 0 Å². The number of nitrogens with zero attached hydrogens (tertiary/aromatic N) is 2. The number of hydrogen-bond acceptors (Lipinski definition) is 1. The fourth-order valence-corrected chi connectivity index (χ4v) is 8.54. The molecular weight excluding hydrogens is 565 g/mol. The number of aromatic nitrogens is 2. The summed E-state index contributed by atoms with van der Waals surface area (Å²) in [6.07, 6.45) is 0. The average Bonchev–Trinajstić information content (AvgIpc) is 3.75. The average molecular weight is 591 g/mol. The van der Waals surface area contributed by atoms with Crippen LogP contribution in [0.25, 0.3) is 86.3 Å². The van der Waals surface area contributed by atoms with Crippen molar-refractivity contribution >= 4 is 75.1 Å². The van der Waals surface area contributed by atoms with Gasteiger partial charge in [-0.1, -0.05) is 109 Å². The maximum atomic E-state index is 2.49. The molecule has 0 atom stereocenters.